The van der Waals surface area contributed by atoms with Gasteiger partial charge in [-0.2, -0.15) is 0 Å². The quantitative estimate of drug-likeness (QED) is 0.827. The van der Waals surface area contributed by atoms with E-state index in [9.17, 15) is 9.59 Å². The van der Waals surface area contributed by atoms with Crippen molar-refractivity contribution in [2.75, 3.05) is 5.32 Å². The van der Waals surface area contributed by atoms with Crippen LogP contribution in [0, 0.1) is 6.92 Å². The van der Waals surface area contributed by atoms with Crippen LogP contribution in [0.4, 0.5) is 5.13 Å². The number of amides is 1. The number of rotatable bonds is 5. The molecular formula is C15H20N4O2S. The molecule has 0 saturated carbocycles. The standard InChI is InChI=1S/C15H20N4O2S/c1-6-10-11(9(5)20)8(4)16-12(10)13(21)17-15-19-18-14(22-15)7(2)3/h7,16H,6H2,1-5H3,(H,17,19,21). The topological polar surface area (TPSA) is 87.7 Å². The molecule has 0 aliphatic carbocycles. The molecule has 0 atom stereocenters. The Balaban J connectivity index is 2.29. The van der Waals surface area contributed by atoms with E-state index in [1.54, 1.807) is 6.92 Å². The van der Waals surface area contributed by atoms with Crippen molar-refractivity contribution in [2.45, 2.75) is 47.0 Å². The van der Waals surface area contributed by atoms with Gasteiger partial charge in [0.15, 0.2) is 5.78 Å². The first-order valence-electron chi connectivity index (χ1n) is 7.22. The van der Waals surface area contributed by atoms with Crippen molar-refractivity contribution >= 4 is 28.2 Å². The monoisotopic (exact) mass is 320 g/mol. The van der Waals surface area contributed by atoms with Crippen molar-refractivity contribution < 1.29 is 9.59 Å². The average Bonchev–Trinajstić information content (AvgIpc) is 3.02. The maximum atomic E-state index is 12.4. The summed E-state index contributed by atoms with van der Waals surface area (Å²) in [7, 11) is 0. The maximum absolute atomic E-state index is 12.4. The molecule has 1 amide bonds. The lowest BCUT2D eigenvalue weighted by molar-refractivity contribution is 0.101. The van der Waals surface area contributed by atoms with E-state index in [4.69, 9.17) is 0 Å². The van der Waals surface area contributed by atoms with Gasteiger partial charge in [-0.05, 0) is 25.8 Å². The largest absolute Gasteiger partial charge is 0.354 e. The fraction of sp³-hybridized carbons (Fsp3) is 0.467. The summed E-state index contributed by atoms with van der Waals surface area (Å²) in [6.45, 7) is 9.28. The zero-order valence-corrected chi connectivity index (χ0v) is 14.2. The number of carbonyl (C=O) groups is 2. The summed E-state index contributed by atoms with van der Waals surface area (Å²) in [6.07, 6.45) is 0.607. The lowest BCUT2D eigenvalue weighted by Gasteiger charge is -2.03. The van der Waals surface area contributed by atoms with Crippen LogP contribution in [0.5, 0.6) is 0 Å². The van der Waals surface area contributed by atoms with E-state index >= 15 is 0 Å². The first-order valence-corrected chi connectivity index (χ1v) is 8.03. The number of hydrogen-bond donors (Lipinski definition) is 2. The van der Waals surface area contributed by atoms with E-state index in [0.29, 0.717) is 22.8 Å². The van der Waals surface area contributed by atoms with Gasteiger partial charge in [0.1, 0.15) is 10.7 Å². The number of anilines is 1. The zero-order valence-electron chi connectivity index (χ0n) is 13.4. The molecule has 118 valence electrons. The second kappa shape index (κ2) is 6.39. The van der Waals surface area contributed by atoms with Gasteiger partial charge in [0.25, 0.3) is 5.91 Å². The third kappa shape index (κ3) is 3.09. The molecule has 0 aromatic carbocycles. The van der Waals surface area contributed by atoms with Gasteiger partial charge in [0, 0.05) is 17.2 Å². The van der Waals surface area contributed by atoms with Crippen molar-refractivity contribution in [2.24, 2.45) is 0 Å². The minimum absolute atomic E-state index is 0.0392. The number of carbonyl (C=O) groups excluding carboxylic acids is 2. The van der Waals surface area contributed by atoms with Crippen molar-refractivity contribution in [3.63, 3.8) is 0 Å². The summed E-state index contributed by atoms with van der Waals surface area (Å²) in [4.78, 5) is 27.2. The molecule has 6 nitrogen and oxygen atoms in total. The minimum Gasteiger partial charge on any atom is -0.354 e. The van der Waals surface area contributed by atoms with Gasteiger partial charge in [-0.1, -0.05) is 32.1 Å². The predicted molar refractivity (Wildman–Crippen MR) is 86.9 cm³/mol. The molecule has 2 rings (SSSR count). The SMILES string of the molecule is CCc1c(C(=O)Nc2nnc(C(C)C)s2)[nH]c(C)c1C(C)=O. The van der Waals surface area contributed by atoms with E-state index in [0.717, 1.165) is 16.3 Å². The van der Waals surface area contributed by atoms with E-state index < -0.39 is 0 Å². The fourth-order valence-electron chi connectivity index (χ4n) is 2.38. The van der Waals surface area contributed by atoms with Crippen molar-refractivity contribution in [3.8, 4) is 0 Å². The second-order valence-corrected chi connectivity index (χ2v) is 6.45. The first-order chi connectivity index (χ1) is 10.3. The third-order valence-corrected chi connectivity index (χ3v) is 4.52. The molecule has 0 spiro atoms. The fourth-order valence-corrected chi connectivity index (χ4v) is 3.12. The number of H-pyrrole nitrogens is 1. The summed E-state index contributed by atoms with van der Waals surface area (Å²) in [5, 5.41) is 12.1. The van der Waals surface area contributed by atoms with Crippen LogP contribution in [-0.2, 0) is 6.42 Å². The van der Waals surface area contributed by atoms with E-state index in [1.807, 2.05) is 20.8 Å². The first kappa shape index (κ1) is 16.4. The number of ketones is 1. The van der Waals surface area contributed by atoms with Gasteiger partial charge in [-0.25, -0.2) is 0 Å². The number of Topliss-reactive ketones (excluding diaryl/α,β-unsaturated/α-hetero) is 1. The Morgan fingerprint density at radius 2 is 2.00 bits per heavy atom. The highest BCUT2D eigenvalue weighted by atomic mass is 32.1. The molecule has 2 aromatic heterocycles. The number of nitrogens with zero attached hydrogens (tertiary/aromatic N) is 2. The van der Waals surface area contributed by atoms with Crippen LogP contribution < -0.4 is 5.32 Å². The zero-order chi connectivity index (χ0) is 16.4. The Morgan fingerprint density at radius 3 is 2.50 bits per heavy atom. The lowest BCUT2D eigenvalue weighted by atomic mass is 10.0. The molecule has 0 radical (unpaired) electrons. The molecule has 22 heavy (non-hydrogen) atoms. The van der Waals surface area contributed by atoms with Crippen LogP contribution in [0.25, 0.3) is 0 Å². The number of nitrogens with one attached hydrogen (secondary N) is 2. The highest BCUT2D eigenvalue weighted by Crippen LogP contribution is 2.25. The van der Waals surface area contributed by atoms with E-state index in [2.05, 4.69) is 20.5 Å². The molecule has 0 aliphatic rings. The molecule has 7 heteroatoms. The minimum atomic E-state index is -0.293. The number of hydrogen-bond acceptors (Lipinski definition) is 5. The van der Waals surface area contributed by atoms with Crippen LogP contribution in [0.15, 0.2) is 0 Å². The van der Waals surface area contributed by atoms with Gasteiger partial charge in [-0.3, -0.25) is 14.9 Å². The molecule has 0 saturated heterocycles. The smallest absolute Gasteiger partial charge is 0.274 e. The van der Waals surface area contributed by atoms with Crippen molar-refractivity contribution in [1.29, 1.82) is 0 Å². The molecule has 2 aromatic rings. The Morgan fingerprint density at radius 1 is 1.32 bits per heavy atom. The molecular weight excluding hydrogens is 300 g/mol. The van der Waals surface area contributed by atoms with Gasteiger partial charge in [-0.15, -0.1) is 10.2 Å². The second-order valence-electron chi connectivity index (χ2n) is 5.44. The summed E-state index contributed by atoms with van der Waals surface area (Å²) >= 11 is 1.36. The average molecular weight is 320 g/mol. The van der Waals surface area contributed by atoms with Crippen LogP contribution in [0.3, 0.4) is 0 Å². The predicted octanol–water partition coefficient (Wildman–Crippen LogP) is 3.32. The van der Waals surface area contributed by atoms with E-state index in [1.165, 1.54) is 18.3 Å². The number of aromatic nitrogens is 3. The van der Waals surface area contributed by atoms with Crippen LogP contribution in [0.2, 0.25) is 0 Å². The highest BCUT2D eigenvalue weighted by molar-refractivity contribution is 7.15. The highest BCUT2D eigenvalue weighted by Gasteiger charge is 2.22. The van der Waals surface area contributed by atoms with Gasteiger partial charge in [0.2, 0.25) is 5.13 Å². The van der Waals surface area contributed by atoms with Gasteiger partial charge < -0.3 is 4.98 Å². The maximum Gasteiger partial charge on any atom is 0.274 e. The normalized spacial score (nSPS) is 11.0. The van der Waals surface area contributed by atoms with Crippen LogP contribution in [-0.4, -0.2) is 26.9 Å². The van der Waals surface area contributed by atoms with E-state index in [-0.39, 0.29) is 17.6 Å². The Kier molecular flexibility index (Phi) is 4.75. The van der Waals surface area contributed by atoms with Crippen molar-refractivity contribution in [3.05, 3.63) is 27.5 Å². The molecule has 2 heterocycles. The van der Waals surface area contributed by atoms with Gasteiger partial charge >= 0.3 is 0 Å². The molecule has 0 fully saturated rings. The molecule has 0 unspecified atom stereocenters. The van der Waals surface area contributed by atoms with Crippen molar-refractivity contribution in [1.82, 2.24) is 15.2 Å². The lowest BCUT2D eigenvalue weighted by Crippen LogP contribution is -2.14. The Labute approximate surface area is 133 Å². The molecule has 0 aliphatic heterocycles. The summed E-state index contributed by atoms with van der Waals surface area (Å²) < 4.78 is 0. The summed E-state index contributed by atoms with van der Waals surface area (Å²) in [6, 6.07) is 0. The Bertz CT molecular complexity index is 715. The summed E-state index contributed by atoms with van der Waals surface area (Å²) in [5.74, 6) is -0.0621. The third-order valence-electron chi connectivity index (χ3n) is 3.38. The van der Waals surface area contributed by atoms with Crippen LogP contribution in [0.1, 0.15) is 70.7 Å². The summed E-state index contributed by atoms with van der Waals surface area (Å²) in [5.41, 5.74) is 2.49. The number of aromatic amines is 1. The molecule has 0 bridgehead atoms. The van der Waals surface area contributed by atoms with Gasteiger partial charge in [0.05, 0.1) is 0 Å². The van der Waals surface area contributed by atoms with Crippen LogP contribution >= 0.6 is 11.3 Å². The Hall–Kier alpha value is -2.02. The number of aryl methyl sites for hydroxylation is 1. The molecule has 2 N–H and O–H groups in total.